The van der Waals surface area contributed by atoms with Gasteiger partial charge in [0, 0.05) is 5.69 Å². The third-order valence-electron chi connectivity index (χ3n) is 2.79. The minimum Gasteiger partial charge on any atom is -0.478 e. The molecule has 2 rings (SSSR count). The molecule has 6 nitrogen and oxygen atoms in total. The lowest BCUT2D eigenvalue weighted by Gasteiger charge is -2.09. The van der Waals surface area contributed by atoms with Crippen LogP contribution in [-0.2, 0) is 0 Å². The maximum absolute atomic E-state index is 12.1. The lowest BCUT2D eigenvalue weighted by atomic mass is 10.0. The maximum Gasteiger partial charge on any atom is 0.337 e. The van der Waals surface area contributed by atoms with E-state index in [2.05, 4.69) is 5.32 Å². The predicted molar refractivity (Wildman–Crippen MR) is 74.8 cm³/mol. The minimum atomic E-state index is -1.47. The first-order valence-electron chi connectivity index (χ1n) is 5.96. The molecule has 0 saturated carbocycles. The third kappa shape index (κ3) is 3.06. The van der Waals surface area contributed by atoms with Gasteiger partial charge in [0.2, 0.25) is 0 Å². The number of amides is 1. The summed E-state index contributed by atoms with van der Waals surface area (Å²) in [5, 5.41) is 20.7. The van der Waals surface area contributed by atoms with Crippen molar-refractivity contribution in [2.75, 3.05) is 5.32 Å². The Kier molecular flexibility index (Phi) is 3.99. The molecule has 0 unspecified atom stereocenters. The van der Waals surface area contributed by atoms with Crippen LogP contribution in [0.2, 0.25) is 0 Å². The number of hydrogen-bond donors (Lipinski definition) is 3. The minimum absolute atomic E-state index is 0.203. The Bertz CT molecular complexity index is 709. The smallest absolute Gasteiger partial charge is 0.337 e. The van der Waals surface area contributed by atoms with Crippen LogP contribution in [0.15, 0.2) is 48.5 Å². The highest BCUT2D eigenvalue weighted by Crippen LogP contribution is 2.17. The van der Waals surface area contributed by atoms with E-state index in [0.717, 1.165) is 6.07 Å². The van der Waals surface area contributed by atoms with Crippen molar-refractivity contribution in [3.05, 3.63) is 65.2 Å². The van der Waals surface area contributed by atoms with Crippen molar-refractivity contribution < 1.29 is 24.6 Å². The number of nitrogens with one attached hydrogen (secondary N) is 1. The molecule has 0 saturated heterocycles. The third-order valence-corrected chi connectivity index (χ3v) is 2.79. The second-order valence-corrected chi connectivity index (χ2v) is 4.16. The van der Waals surface area contributed by atoms with E-state index in [4.69, 9.17) is 10.2 Å². The number of rotatable bonds is 4. The molecule has 2 aromatic rings. The molecule has 0 aromatic heterocycles. The van der Waals surface area contributed by atoms with Crippen LogP contribution < -0.4 is 5.32 Å². The van der Waals surface area contributed by atoms with Gasteiger partial charge in [-0.25, -0.2) is 9.59 Å². The Labute approximate surface area is 119 Å². The average Bonchev–Trinajstić information content (AvgIpc) is 2.47. The second-order valence-electron chi connectivity index (χ2n) is 4.16. The van der Waals surface area contributed by atoms with E-state index in [0.29, 0.717) is 5.69 Å². The highest BCUT2D eigenvalue weighted by Gasteiger charge is 2.23. The second kappa shape index (κ2) is 5.87. The number of para-hydroxylation sites is 1. The van der Waals surface area contributed by atoms with Crippen LogP contribution in [0.4, 0.5) is 5.69 Å². The summed E-state index contributed by atoms with van der Waals surface area (Å²) in [6.45, 7) is 0. The topological polar surface area (TPSA) is 104 Å². The van der Waals surface area contributed by atoms with Crippen molar-refractivity contribution in [1.29, 1.82) is 0 Å². The number of carboxylic acids is 2. The first kappa shape index (κ1) is 14.3. The number of carboxylic acid groups (broad SMARTS) is 2. The van der Waals surface area contributed by atoms with E-state index in [9.17, 15) is 14.4 Å². The molecule has 21 heavy (non-hydrogen) atoms. The zero-order valence-corrected chi connectivity index (χ0v) is 10.7. The van der Waals surface area contributed by atoms with Gasteiger partial charge in [0.1, 0.15) is 0 Å². The zero-order valence-electron chi connectivity index (χ0n) is 10.7. The van der Waals surface area contributed by atoms with Gasteiger partial charge >= 0.3 is 11.9 Å². The molecular formula is C15H11NO5. The molecule has 0 atom stereocenters. The van der Waals surface area contributed by atoms with Crippen LogP contribution in [0.5, 0.6) is 0 Å². The standard InChI is InChI=1S/C15H11NO5/c17-13(16-9-5-2-1-3-6-9)10-7-4-8-11(14(18)19)12(10)15(20)21/h1-8H,(H,16,17)(H,18,19)(H,20,21). The van der Waals surface area contributed by atoms with Crippen LogP contribution in [0, 0.1) is 0 Å². The highest BCUT2D eigenvalue weighted by atomic mass is 16.4. The van der Waals surface area contributed by atoms with E-state index in [-0.39, 0.29) is 5.56 Å². The Morgan fingerprint density at radius 2 is 1.38 bits per heavy atom. The molecule has 2 aromatic carbocycles. The van der Waals surface area contributed by atoms with Crippen LogP contribution >= 0.6 is 0 Å². The van der Waals surface area contributed by atoms with Crippen LogP contribution in [0.1, 0.15) is 31.1 Å². The maximum atomic E-state index is 12.1. The van der Waals surface area contributed by atoms with E-state index in [1.165, 1.54) is 12.1 Å². The number of aromatic carboxylic acids is 2. The van der Waals surface area contributed by atoms with Crippen LogP contribution in [0.3, 0.4) is 0 Å². The molecule has 0 fully saturated rings. The summed E-state index contributed by atoms with van der Waals surface area (Å²) in [6.07, 6.45) is 0. The van der Waals surface area contributed by atoms with Crippen molar-refractivity contribution in [3.8, 4) is 0 Å². The van der Waals surface area contributed by atoms with Gasteiger partial charge in [-0.05, 0) is 24.3 Å². The Morgan fingerprint density at radius 3 is 1.95 bits per heavy atom. The highest BCUT2D eigenvalue weighted by molar-refractivity contribution is 6.14. The van der Waals surface area contributed by atoms with Gasteiger partial charge in [-0.1, -0.05) is 24.3 Å². The normalized spacial score (nSPS) is 9.90. The Balaban J connectivity index is 2.44. The molecule has 0 aliphatic carbocycles. The van der Waals surface area contributed by atoms with Gasteiger partial charge in [0.05, 0.1) is 16.7 Å². The molecule has 0 heterocycles. The van der Waals surface area contributed by atoms with Gasteiger partial charge in [-0.3, -0.25) is 4.79 Å². The van der Waals surface area contributed by atoms with E-state index < -0.39 is 29.0 Å². The lowest BCUT2D eigenvalue weighted by Crippen LogP contribution is -2.19. The molecule has 0 aliphatic heterocycles. The van der Waals surface area contributed by atoms with E-state index in [1.54, 1.807) is 30.3 Å². The van der Waals surface area contributed by atoms with Crippen molar-refractivity contribution in [3.63, 3.8) is 0 Å². The van der Waals surface area contributed by atoms with Crippen LogP contribution in [-0.4, -0.2) is 28.1 Å². The zero-order chi connectivity index (χ0) is 15.4. The van der Waals surface area contributed by atoms with Gasteiger partial charge < -0.3 is 15.5 Å². The van der Waals surface area contributed by atoms with Crippen LogP contribution in [0.25, 0.3) is 0 Å². The lowest BCUT2D eigenvalue weighted by molar-refractivity contribution is 0.0649. The van der Waals surface area contributed by atoms with Gasteiger partial charge in [-0.15, -0.1) is 0 Å². The predicted octanol–water partition coefficient (Wildman–Crippen LogP) is 2.34. The summed E-state index contributed by atoms with van der Waals surface area (Å²) in [5.41, 5.74) is -0.674. The average molecular weight is 285 g/mol. The molecular weight excluding hydrogens is 274 g/mol. The van der Waals surface area contributed by atoms with E-state index in [1.807, 2.05) is 0 Å². The number of carbonyl (C=O) groups excluding carboxylic acids is 1. The van der Waals surface area contributed by atoms with Crippen molar-refractivity contribution in [1.82, 2.24) is 0 Å². The summed E-state index contributed by atoms with van der Waals surface area (Å²) in [4.78, 5) is 34.5. The monoisotopic (exact) mass is 285 g/mol. The van der Waals surface area contributed by atoms with Crippen molar-refractivity contribution >= 4 is 23.5 Å². The Hall–Kier alpha value is -3.15. The van der Waals surface area contributed by atoms with Gasteiger partial charge in [0.25, 0.3) is 5.91 Å². The molecule has 0 spiro atoms. The SMILES string of the molecule is O=C(O)c1cccc(C(=O)Nc2ccccc2)c1C(=O)O. The fraction of sp³-hybridized carbons (Fsp3) is 0. The summed E-state index contributed by atoms with van der Waals surface area (Å²) in [6, 6.07) is 12.2. The summed E-state index contributed by atoms with van der Waals surface area (Å²) in [5.74, 6) is -3.55. The summed E-state index contributed by atoms with van der Waals surface area (Å²) < 4.78 is 0. The molecule has 6 heteroatoms. The summed E-state index contributed by atoms with van der Waals surface area (Å²) >= 11 is 0. The van der Waals surface area contributed by atoms with Crippen molar-refractivity contribution in [2.45, 2.75) is 0 Å². The fourth-order valence-electron chi connectivity index (χ4n) is 1.87. The number of anilines is 1. The van der Waals surface area contributed by atoms with Gasteiger partial charge in [-0.2, -0.15) is 0 Å². The van der Waals surface area contributed by atoms with E-state index >= 15 is 0 Å². The molecule has 1 amide bonds. The molecule has 106 valence electrons. The Morgan fingerprint density at radius 1 is 0.762 bits per heavy atom. The van der Waals surface area contributed by atoms with Crippen molar-refractivity contribution in [2.24, 2.45) is 0 Å². The molecule has 0 aliphatic rings. The number of carbonyl (C=O) groups is 3. The molecule has 0 radical (unpaired) electrons. The number of hydrogen-bond acceptors (Lipinski definition) is 3. The quantitative estimate of drug-likeness (QED) is 0.799. The first-order chi connectivity index (χ1) is 10.0. The molecule has 3 N–H and O–H groups in total. The molecule has 0 bridgehead atoms. The first-order valence-corrected chi connectivity index (χ1v) is 5.96. The van der Waals surface area contributed by atoms with Gasteiger partial charge in [0.15, 0.2) is 0 Å². The fourth-order valence-corrected chi connectivity index (χ4v) is 1.87. The summed E-state index contributed by atoms with van der Waals surface area (Å²) in [7, 11) is 0. The largest absolute Gasteiger partial charge is 0.478 e. The number of benzene rings is 2.